The Morgan fingerprint density at radius 1 is 1.27 bits per heavy atom. The zero-order valence-electron chi connectivity index (χ0n) is 16.3. The lowest BCUT2D eigenvalue weighted by molar-refractivity contribution is 0.0955. The molecule has 0 radical (unpaired) electrons. The summed E-state index contributed by atoms with van der Waals surface area (Å²) in [5.74, 6) is -0.428. The largest absolute Gasteiger partial charge is 0.348 e. The minimum atomic E-state index is -0.428. The van der Waals surface area contributed by atoms with Gasteiger partial charge in [-0.15, -0.1) is 6.58 Å². The van der Waals surface area contributed by atoms with Crippen LogP contribution < -0.4 is 16.4 Å². The van der Waals surface area contributed by atoms with Gasteiger partial charge in [0.15, 0.2) is 0 Å². The maximum atomic E-state index is 13.1. The molecule has 0 bridgehead atoms. The van der Waals surface area contributed by atoms with Crippen LogP contribution in [0.4, 0.5) is 0 Å². The standard InChI is InChI=1S/C21H21N7O2/c1-2-7-24-20(29)15-13-16-19(25-17-6-3-4-10-27(17)21(16)30)28(18(15)22)11-5-9-26-12-8-23-14-26/h2-4,6,8,10,12-14,22H,1,5,7,9,11H2,(H,24,29). The van der Waals surface area contributed by atoms with Gasteiger partial charge in [0.2, 0.25) is 0 Å². The van der Waals surface area contributed by atoms with Crippen molar-refractivity contribution in [3.05, 3.63) is 83.2 Å². The van der Waals surface area contributed by atoms with Gasteiger partial charge >= 0.3 is 0 Å². The third kappa shape index (κ3) is 3.52. The van der Waals surface area contributed by atoms with Gasteiger partial charge in [0.25, 0.3) is 11.5 Å². The summed E-state index contributed by atoms with van der Waals surface area (Å²) in [5, 5.41) is 11.6. The van der Waals surface area contributed by atoms with Gasteiger partial charge in [-0.1, -0.05) is 12.1 Å². The minimum Gasteiger partial charge on any atom is -0.348 e. The van der Waals surface area contributed by atoms with E-state index in [1.807, 2.05) is 10.8 Å². The Balaban J connectivity index is 1.87. The number of pyridine rings is 2. The van der Waals surface area contributed by atoms with Crippen LogP contribution in [0.1, 0.15) is 16.8 Å². The van der Waals surface area contributed by atoms with Gasteiger partial charge in [0.05, 0.1) is 17.3 Å². The van der Waals surface area contributed by atoms with Crippen LogP contribution in [0, 0.1) is 5.41 Å². The van der Waals surface area contributed by atoms with Crippen LogP contribution in [0.15, 0.2) is 66.6 Å². The summed E-state index contributed by atoms with van der Waals surface area (Å²) < 4.78 is 5.00. The molecule has 4 aromatic rings. The predicted molar refractivity (Wildman–Crippen MR) is 112 cm³/mol. The Labute approximate surface area is 171 Å². The van der Waals surface area contributed by atoms with E-state index in [0.717, 1.165) is 0 Å². The monoisotopic (exact) mass is 403 g/mol. The molecule has 0 saturated heterocycles. The molecule has 4 rings (SSSR count). The number of carbonyl (C=O) groups is 1. The highest BCUT2D eigenvalue weighted by molar-refractivity contribution is 5.96. The first-order valence-corrected chi connectivity index (χ1v) is 9.54. The third-order valence-corrected chi connectivity index (χ3v) is 4.83. The van der Waals surface area contributed by atoms with E-state index in [0.29, 0.717) is 36.2 Å². The molecule has 0 unspecified atom stereocenters. The van der Waals surface area contributed by atoms with Crippen LogP contribution in [-0.2, 0) is 13.1 Å². The van der Waals surface area contributed by atoms with E-state index in [1.165, 1.54) is 10.5 Å². The number of rotatable bonds is 7. The second-order valence-electron chi connectivity index (χ2n) is 6.79. The van der Waals surface area contributed by atoms with Crippen LogP contribution in [0.3, 0.4) is 0 Å². The maximum absolute atomic E-state index is 13.1. The number of fused-ring (bicyclic) bond motifs is 2. The van der Waals surface area contributed by atoms with Crippen molar-refractivity contribution in [2.24, 2.45) is 0 Å². The number of hydrogen-bond donors (Lipinski definition) is 2. The van der Waals surface area contributed by atoms with Gasteiger partial charge in [-0.25, -0.2) is 9.97 Å². The molecule has 0 aliphatic rings. The van der Waals surface area contributed by atoms with Crippen molar-refractivity contribution in [3.63, 3.8) is 0 Å². The smallest absolute Gasteiger partial charge is 0.267 e. The topological polar surface area (TPSA) is 110 Å². The lowest BCUT2D eigenvalue weighted by Crippen LogP contribution is -2.35. The molecule has 0 spiro atoms. The second-order valence-corrected chi connectivity index (χ2v) is 6.79. The molecule has 1 amide bonds. The molecule has 9 nitrogen and oxygen atoms in total. The van der Waals surface area contributed by atoms with Crippen molar-refractivity contribution in [1.82, 2.24) is 28.8 Å². The van der Waals surface area contributed by atoms with Crippen LogP contribution in [-0.4, -0.2) is 36.0 Å². The molecular formula is C21H21N7O2. The number of aromatic nitrogens is 5. The number of aryl methyl sites for hydroxylation is 2. The molecule has 4 aromatic heterocycles. The van der Waals surface area contributed by atoms with Crippen LogP contribution in [0.5, 0.6) is 0 Å². The van der Waals surface area contributed by atoms with Crippen molar-refractivity contribution in [2.75, 3.05) is 6.54 Å². The summed E-state index contributed by atoms with van der Waals surface area (Å²) in [6.45, 7) is 4.97. The molecule has 2 N–H and O–H groups in total. The molecule has 0 fully saturated rings. The first-order chi connectivity index (χ1) is 14.6. The summed E-state index contributed by atoms with van der Waals surface area (Å²) in [6.07, 6.45) is 9.17. The summed E-state index contributed by atoms with van der Waals surface area (Å²) in [7, 11) is 0. The van der Waals surface area contributed by atoms with E-state index in [1.54, 1.807) is 47.6 Å². The first-order valence-electron chi connectivity index (χ1n) is 9.54. The normalized spacial score (nSPS) is 11.1. The van der Waals surface area contributed by atoms with E-state index in [-0.39, 0.29) is 23.2 Å². The number of nitrogens with one attached hydrogen (secondary N) is 2. The highest BCUT2D eigenvalue weighted by Gasteiger charge is 2.17. The number of hydrogen-bond acceptors (Lipinski definition) is 5. The molecule has 0 atom stereocenters. The van der Waals surface area contributed by atoms with E-state index in [2.05, 4.69) is 21.9 Å². The molecule has 9 heteroatoms. The maximum Gasteiger partial charge on any atom is 0.267 e. The molecule has 152 valence electrons. The summed E-state index contributed by atoms with van der Waals surface area (Å²) in [4.78, 5) is 34.4. The van der Waals surface area contributed by atoms with Gasteiger partial charge in [-0.2, -0.15) is 0 Å². The zero-order chi connectivity index (χ0) is 21.1. The fourth-order valence-electron chi connectivity index (χ4n) is 3.37. The number of imidazole rings is 1. The minimum absolute atomic E-state index is 0.0156. The predicted octanol–water partition coefficient (Wildman–Crippen LogP) is 1.33. The Morgan fingerprint density at radius 2 is 2.13 bits per heavy atom. The molecule has 4 heterocycles. The fraction of sp³-hybridized carbons (Fsp3) is 0.190. The number of nitrogens with zero attached hydrogens (tertiary/aromatic N) is 5. The fourth-order valence-corrected chi connectivity index (χ4v) is 3.37. The summed E-state index contributed by atoms with van der Waals surface area (Å²) in [5.41, 5.74) is 0.740. The lowest BCUT2D eigenvalue weighted by atomic mass is 10.2. The van der Waals surface area contributed by atoms with Crippen molar-refractivity contribution in [1.29, 1.82) is 5.41 Å². The van der Waals surface area contributed by atoms with E-state index in [4.69, 9.17) is 5.41 Å². The highest BCUT2D eigenvalue weighted by atomic mass is 16.1. The van der Waals surface area contributed by atoms with Gasteiger partial charge in [-0.05, 0) is 24.6 Å². The average molecular weight is 403 g/mol. The highest BCUT2D eigenvalue weighted by Crippen LogP contribution is 2.11. The molecule has 0 saturated carbocycles. The Kier molecular flexibility index (Phi) is 5.25. The van der Waals surface area contributed by atoms with E-state index in [9.17, 15) is 9.59 Å². The number of amides is 1. The molecule has 30 heavy (non-hydrogen) atoms. The third-order valence-electron chi connectivity index (χ3n) is 4.83. The first kappa shape index (κ1) is 19.3. The molecular weight excluding hydrogens is 382 g/mol. The zero-order valence-corrected chi connectivity index (χ0v) is 16.3. The molecule has 0 aliphatic carbocycles. The number of carbonyl (C=O) groups excluding carboxylic acids is 1. The van der Waals surface area contributed by atoms with Gasteiger partial charge < -0.3 is 14.5 Å². The lowest BCUT2D eigenvalue weighted by Gasteiger charge is -2.14. The molecule has 0 aliphatic heterocycles. The van der Waals surface area contributed by atoms with Crippen molar-refractivity contribution in [2.45, 2.75) is 19.5 Å². The van der Waals surface area contributed by atoms with Crippen LogP contribution >= 0.6 is 0 Å². The van der Waals surface area contributed by atoms with Crippen LogP contribution in [0.25, 0.3) is 16.7 Å². The molecule has 0 aromatic carbocycles. The van der Waals surface area contributed by atoms with Gasteiger partial charge in [0, 0.05) is 38.2 Å². The summed E-state index contributed by atoms with van der Waals surface area (Å²) >= 11 is 0. The second kappa shape index (κ2) is 8.16. The van der Waals surface area contributed by atoms with E-state index < -0.39 is 5.91 Å². The Bertz CT molecular complexity index is 1350. The van der Waals surface area contributed by atoms with Gasteiger partial charge in [-0.3, -0.25) is 19.4 Å². The van der Waals surface area contributed by atoms with Crippen LogP contribution in [0.2, 0.25) is 0 Å². The summed E-state index contributed by atoms with van der Waals surface area (Å²) in [6, 6.07) is 6.75. The SMILES string of the molecule is C=CCNC(=O)c1cc2c(=O)n3ccccc3nc2n(CCCn2ccnc2)c1=N. The van der Waals surface area contributed by atoms with Crippen molar-refractivity contribution in [3.8, 4) is 0 Å². The van der Waals surface area contributed by atoms with E-state index >= 15 is 0 Å². The van der Waals surface area contributed by atoms with Crippen molar-refractivity contribution < 1.29 is 4.79 Å². The Morgan fingerprint density at radius 3 is 2.90 bits per heavy atom. The Hall–Kier alpha value is -4.01. The van der Waals surface area contributed by atoms with Gasteiger partial charge in [0.1, 0.15) is 16.8 Å². The quantitative estimate of drug-likeness (QED) is 0.358. The average Bonchev–Trinajstić information content (AvgIpc) is 3.27. The van der Waals surface area contributed by atoms with Crippen molar-refractivity contribution >= 4 is 22.6 Å².